The monoisotopic (exact) mass is 413 g/mol. The van der Waals surface area contributed by atoms with Crippen molar-refractivity contribution in [3.63, 3.8) is 0 Å². The molecule has 0 aliphatic carbocycles. The highest BCUT2D eigenvalue weighted by atomic mass is 16.6. The predicted octanol–water partition coefficient (Wildman–Crippen LogP) is 5.38. The van der Waals surface area contributed by atoms with Gasteiger partial charge in [-0.15, -0.1) is 0 Å². The van der Waals surface area contributed by atoms with Gasteiger partial charge in [-0.1, -0.05) is 71.1 Å². The Labute approximate surface area is 177 Å². The number of nitrogens with one attached hydrogen (secondary N) is 1. The summed E-state index contributed by atoms with van der Waals surface area (Å²) in [6.07, 6.45) is 13.5. The van der Waals surface area contributed by atoms with E-state index in [0.29, 0.717) is 6.42 Å². The van der Waals surface area contributed by atoms with Crippen LogP contribution in [-0.2, 0) is 19.1 Å². The Morgan fingerprint density at radius 1 is 0.828 bits per heavy atom. The SMILES string of the molecule is CCCCCCCCCCCCCC(=O)NC(CCC(=O)O)C(=O)OC(C)(C)C. The summed E-state index contributed by atoms with van der Waals surface area (Å²) >= 11 is 0. The largest absolute Gasteiger partial charge is 0.481 e. The van der Waals surface area contributed by atoms with Crippen LogP contribution in [0.3, 0.4) is 0 Å². The van der Waals surface area contributed by atoms with Gasteiger partial charge in [0.05, 0.1) is 0 Å². The van der Waals surface area contributed by atoms with Gasteiger partial charge in [-0.3, -0.25) is 9.59 Å². The second-order valence-corrected chi connectivity index (χ2v) is 8.87. The molecule has 0 saturated carbocycles. The number of hydrogen-bond acceptors (Lipinski definition) is 4. The molecule has 170 valence electrons. The first-order chi connectivity index (χ1) is 13.7. The van der Waals surface area contributed by atoms with E-state index < -0.39 is 23.6 Å². The number of carboxylic acids is 1. The molecule has 0 aliphatic rings. The molecule has 0 aromatic heterocycles. The zero-order valence-corrected chi connectivity index (χ0v) is 19.1. The van der Waals surface area contributed by atoms with Gasteiger partial charge in [-0.2, -0.15) is 0 Å². The molecule has 0 aromatic rings. The summed E-state index contributed by atoms with van der Waals surface area (Å²) in [5.74, 6) is -1.80. The fourth-order valence-electron chi connectivity index (χ4n) is 3.11. The number of carbonyl (C=O) groups is 3. The van der Waals surface area contributed by atoms with E-state index in [9.17, 15) is 14.4 Å². The number of carbonyl (C=O) groups excluding carboxylic acids is 2. The number of hydrogen-bond donors (Lipinski definition) is 2. The van der Waals surface area contributed by atoms with Crippen LogP contribution >= 0.6 is 0 Å². The van der Waals surface area contributed by atoms with Crippen LogP contribution in [0.1, 0.15) is 118 Å². The van der Waals surface area contributed by atoms with Crippen LogP contribution in [0.2, 0.25) is 0 Å². The Morgan fingerprint density at radius 3 is 1.76 bits per heavy atom. The Balaban J connectivity index is 4.00. The molecule has 0 spiro atoms. The van der Waals surface area contributed by atoms with Crippen molar-refractivity contribution in [2.24, 2.45) is 0 Å². The van der Waals surface area contributed by atoms with Gasteiger partial charge in [0.25, 0.3) is 0 Å². The maximum atomic E-state index is 12.2. The normalized spacial score (nSPS) is 12.4. The molecule has 0 aliphatic heterocycles. The molecular weight excluding hydrogens is 370 g/mol. The number of ether oxygens (including phenoxy) is 1. The highest BCUT2D eigenvalue weighted by Gasteiger charge is 2.27. The average Bonchev–Trinajstić information content (AvgIpc) is 2.61. The van der Waals surface area contributed by atoms with E-state index in [1.807, 2.05) is 0 Å². The van der Waals surface area contributed by atoms with Gasteiger partial charge in [0.15, 0.2) is 0 Å². The van der Waals surface area contributed by atoms with Crippen molar-refractivity contribution in [2.45, 2.75) is 129 Å². The van der Waals surface area contributed by atoms with Gasteiger partial charge < -0.3 is 15.2 Å². The van der Waals surface area contributed by atoms with Gasteiger partial charge in [0, 0.05) is 12.8 Å². The van der Waals surface area contributed by atoms with Crippen molar-refractivity contribution in [3.8, 4) is 0 Å². The number of esters is 1. The molecule has 0 bridgehead atoms. The molecule has 1 unspecified atom stereocenters. The molecule has 0 fully saturated rings. The summed E-state index contributed by atoms with van der Waals surface area (Å²) in [5, 5.41) is 11.5. The fraction of sp³-hybridized carbons (Fsp3) is 0.870. The van der Waals surface area contributed by atoms with E-state index >= 15 is 0 Å². The summed E-state index contributed by atoms with van der Waals surface area (Å²) < 4.78 is 5.30. The van der Waals surface area contributed by atoms with Crippen molar-refractivity contribution < 1.29 is 24.2 Å². The second-order valence-electron chi connectivity index (χ2n) is 8.87. The lowest BCUT2D eigenvalue weighted by atomic mass is 10.0. The first-order valence-electron chi connectivity index (χ1n) is 11.4. The molecule has 0 heterocycles. The number of unbranched alkanes of at least 4 members (excludes halogenated alkanes) is 10. The molecule has 0 saturated heterocycles. The van der Waals surface area contributed by atoms with Crippen LogP contribution in [0.15, 0.2) is 0 Å². The van der Waals surface area contributed by atoms with Crippen molar-refractivity contribution >= 4 is 17.8 Å². The smallest absolute Gasteiger partial charge is 0.329 e. The predicted molar refractivity (Wildman–Crippen MR) is 116 cm³/mol. The zero-order chi connectivity index (χ0) is 22.1. The summed E-state index contributed by atoms with van der Waals surface area (Å²) in [4.78, 5) is 35.2. The lowest BCUT2D eigenvalue weighted by Gasteiger charge is -2.24. The highest BCUT2D eigenvalue weighted by molar-refractivity contribution is 5.85. The van der Waals surface area contributed by atoms with Crippen molar-refractivity contribution in [1.82, 2.24) is 5.32 Å². The van der Waals surface area contributed by atoms with Crippen LogP contribution in [0.4, 0.5) is 0 Å². The minimum atomic E-state index is -1.00. The third kappa shape index (κ3) is 18.2. The topological polar surface area (TPSA) is 92.7 Å². The Bertz CT molecular complexity index is 470. The quantitative estimate of drug-likeness (QED) is 0.247. The minimum absolute atomic E-state index is 0.0360. The second kappa shape index (κ2) is 16.2. The summed E-state index contributed by atoms with van der Waals surface area (Å²) in [6.45, 7) is 7.46. The molecule has 6 nitrogen and oxygen atoms in total. The lowest BCUT2D eigenvalue weighted by molar-refractivity contribution is -0.159. The van der Waals surface area contributed by atoms with Gasteiger partial charge in [-0.25, -0.2) is 4.79 Å². The van der Waals surface area contributed by atoms with Crippen molar-refractivity contribution in [3.05, 3.63) is 0 Å². The summed E-state index contributed by atoms with van der Waals surface area (Å²) in [5.41, 5.74) is -0.681. The van der Waals surface area contributed by atoms with Crippen LogP contribution in [0.25, 0.3) is 0 Å². The molecule has 1 amide bonds. The third-order valence-electron chi connectivity index (χ3n) is 4.68. The molecule has 0 aromatic carbocycles. The number of carboxylic acid groups (broad SMARTS) is 1. The zero-order valence-electron chi connectivity index (χ0n) is 19.1. The highest BCUT2D eigenvalue weighted by Crippen LogP contribution is 2.13. The lowest BCUT2D eigenvalue weighted by Crippen LogP contribution is -2.44. The first-order valence-corrected chi connectivity index (χ1v) is 11.4. The van der Waals surface area contributed by atoms with Gasteiger partial charge >= 0.3 is 11.9 Å². The molecular formula is C23H43NO5. The van der Waals surface area contributed by atoms with E-state index in [-0.39, 0.29) is 18.7 Å². The Kier molecular flexibility index (Phi) is 15.3. The third-order valence-corrected chi connectivity index (χ3v) is 4.68. The standard InChI is InChI=1S/C23H43NO5/c1-5-6-7-8-9-10-11-12-13-14-15-16-20(25)24-19(17-18-21(26)27)22(28)29-23(2,3)4/h19H,5-18H2,1-4H3,(H,24,25)(H,26,27). The van der Waals surface area contributed by atoms with E-state index in [1.165, 1.54) is 51.4 Å². The average molecular weight is 414 g/mol. The maximum absolute atomic E-state index is 12.2. The van der Waals surface area contributed by atoms with E-state index in [4.69, 9.17) is 9.84 Å². The van der Waals surface area contributed by atoms with Gasteiger partial charge in [0.2, 0.25) is 5.91 Å². The molecule has 29 heavy (non-hydrogen) atoms. The maximum Gasteiger partial charge on any atom is 0.329 e. The molecule has 6 heteroatoms. The molecule has 2 N–H and O–H groups in total. The number of rotatable bonds is 17. The van der Waals surface area contributed by atoms with E-state index in [0.717, 1.165) is 19.3 Å². The van der Waals surface area contributed by atoms with Gasteiger partial charge in [0.1, 0.15) is 11.6 Å². The summed E-state index contributed by atoms with van der Waals surface area (Å²) in [6, 6.07) is -0.912. The molecule has 0 rings (SSSR count). The number of aliphatic carboxylic acids is 1. The van der Waals surface area contributed by atoms with Gasteiger partial charge in [-0.05, 0) is 33.6 Å². The first kappa shape index (κ1) is 27.4. The van der Waals surface area contributed by atoms with Crippen LogP contribution in [0.5, 0.6) is 0 Å². The van der Waals surface area contributed by atoms with Crippen molar-refractivity contribution in [2.75, 3.05) is 0 Å². The molecule has 1 atom stereocenters. The molecule has 0 radical (unpaired) electrons. The summed E-state index contributed by atoms with van der Waals surface area (Å²) in [7, 11) is 0. The van der Waals surface area contributed by atoms with E-state index in [1.54, 1.807) is 20.8 Å². The Morgan fingerprint density at radius 2 is 1.31 bits per heavy atom. The number of amides is 1. The van der Waals surface area contributed by atoms with Crippen LogP contribution in [-0.4, -0.2) is 34.6 Å². The fourth-order valence-corrected chi connectivity index (χ4v) is 3.11. The van der Waals surface area contributed by atoms with Crippen LogP contribution < -0.4 is 5.32 Å². The van der Waals surface area contributed by atoms with Crippen molar-refractivity contribution in [1.29, 1.82) is 0 Å². The van der Waals surface area contributed by atoms with Crippen LogP contribution in [0, 0.1) is 0 Å². The minimum Gasteiger partial charge on any atom is -0.481 e. The van der Waals surface area contributed by atoms with E-state index in [2.05, 4.69) is 12.2 Å². The Hall–Kier alpha value is -1.59.